The molecule has 68 valence electrons. The predicted octanol–water partition coefficient (Wildman–Crippen LogP) is 1.33. The summed E-state index contributed by atoms with van der Waals surface area (Å²) in [5.74, 6) is -0.0127. The summed E-state index contributed by atoms with van der Waals surface area (Å²) in [5.41, 5.74) is 0. The van der Waals surface area contributed by atoms with E-state index in [0.29, 0.717) is 19.4 Å². The molecule has 0 spiro atoms. The van der Waals surface area contributed by atoms with Gasteiger partial charge < -0.3 is 0 Å². The smallest absolute Gasteiger partial charge is 0.229 e. The molecule has 0 unspecified atom stereocenters. The van der Waals surface area contributed by atoms with Crippen molar-refractivity contribution in [2.75, 3.05) is 6.54 Å². The average molecular weight is 169 g/mol. The first kappa shape index (κ1) is 9.23. The van der Waals surface area contributed by atoms with E-state index in [4.69, 9.17) is 0 Å². The molecule has 1 fully saturated rings. The third-order valence-corrected chi connectivity index (χ3v) is 2.18. The maximum Gasteiger partial charge on any atom is 0.229 e. The van der Waals surface area contributed by atoms with Gasteiger partial charge in [-0.2, -0.15) is 0 Å². The third-order valence-electron chi connectivity index (χ3n) is 2.18. The van der Waals surface area contributed by atoms with Crippen LogP contribution in [0.5, 0.6) is 0 Å². The lowest BCUT2D eigenvalue weighted by molar-refractivity contribution is -0.144. The molecule has 1 aliphatic heterocycles. The fraction of sp³-hybridized carbons (Fsp3) is 0.778. The summed E-state index contributed by atoms with van der Waals surface area (Å²) >= 11 is 0. The molecule has 0 bridgehead atoms. The predicted molar refractivity (Wildman–Crippen MR) is 45.5 cm³/mol. The summed E-state index contributed by atoms with van der Waals surface area (Å²) < 4.78 is 0. The number of amides is 2. The molecule has 1 saturated heterocycles. The molecule has 0 aromatic heterocycles. The maximum atomic E-state index is 11.3. The molecule has 1 aliphatic rings. The first-order valence-electron chi connectivity index (χ1n) is 4.59. The topological polar surface area (TPSA) is 37.4 Å². The lowest BCUT2D eigenvalue weighted by Crippen LogP contribution is -2.35. The number of likely N-dealkylation sites (tertiary alicyclic amines) is 1. The molecule has 0 atom stereocenters. The second-order valence-electron chi connectivity index (χ2n) is 3.10. The highest BCUT2D eigenvalue weighted by Crippen LogP contribution is 2.11. The first-order valence-corrected chi connectivity index (χ1v) is 4.59. The summed E-state index contributed by atoms with van der Waals surface area (Å²) in [6.45, 7) is 2.42. The molecule has 0 aliphatic carbocycles. The van der Waals surface area contributed by atoms with Crippen molar-refractivity contribution >= 4 is 11.8 Å². The molecule has 1 heterocycles. The van der Waals surface area contributed by atoms with Crippen LogP contribution in [0.3, 0.4) is 0 Å². The first-order chi connectivity index (χ1) is 5.75. The number of hydrogen-bond acceptors (Lipinski definition) is 2. The van der Waals surface area contributed by atoms with Gasteiger partial charge in [-0.05, 0) is 12.8 Å². The highest BCUT2D eigenvalue weighted by molar-refractivity contribution is 5.95. The minimum absolute atomic E-state index is 0.0133. The molecular weight excluding hydrogens is 154 g/mol. The Balaban J connectivity index is 2.59. The molecule has 1 rings (SSSR count). The Kier molecular flexibility index (Phi) is 3.26. The largest absolute Gasteiger partial charge is 0.283 e. The van der Waals surface area contributed by atoms with Crippen LogP contribution in [-0.4, -0.2) is 23.3 Å². The van der Waals surface area contributed by atoms with E-state index in [0.717, 1.165) is 19.3 Å². The van der Waals surface area contributed by atoms with Gasteiger partial charge in [0.15, 0.2) is 0 Å². The molecule has 0 aromatic rings. The molecule has 0 N–H and O–H groups in total. The Morgan fingerprint density at radius 1 is 1.42 bits per heavy atom. The quantitative estimate of drug-likeness (QED) is 0.593. The summed E-state index contributed by atoms with van der Waals surface area (Å²) in [5, 5.41) is 0. The van der Waals surface area contributed by atoms with Gasteiger partial charge >= 0.3 is 0 Å². The molecule has 0 aromatic carbocycles. The Labute approximate surface area is 72.7 Å². The number of hydrogen-bond donors (Lipinski definition) is 0. The Morgan fingerprint density at radius 2 is 2.17 bits per heavy atom. The Bertz CT molecular complexity index is 189. The van der Waals surface area contributed by atoms with Crippen molar-refractivity contribution < 1.29 is 9.59 Å². The second-order valence-corrected chi connectivity index (χ2v) is 3.10. The molecule has 0 radical (unpaired) electrons. The van der Waals surface area contributed by atoms with Crippen molar-refractivity contribution in [2.45, 2.75) is 39.0 Å². The van der Waals surface area contributed by atoms with E-state index in [1.807, 2.05) is 0 Å². The standard InChI is InChI=1S/C9H15NO2/c1-2-8(11)10-7-5-3-4-6-9(10)12/h2-7H2,1H3. The van der Waals surface area contributed by atoms with Gasteiger partial charge in [-0.25, -0.2) is 0 Å². The summed E-state index contributed by atoms with van der Waals surface area (Å²) in [6, 6.07) is 0. The van der Waals surface area contributed by atoms with Gasteiger partial charge in [-0.15, -0.1) is 0 Å². The van der Waals surface area contributed by atoms with E-state index in [2.05, 4.69) is 0 Å². The van der Waals surface area contributed by atoms with Crippen molar-refractivity contribution in [1.82, 2.24) is 4.90 Å². The van der Waals surface area contributed by atoms with Gasteiger partial charge in [0.25, 0.3) is 0 Å². The van der Waals surface area contributed by atoms with Crippen LogP contribution in [0, 0.1) is 0 Å². The van der Waals surface area contributed by atoms with E-state index in [1.54, 1.807) is 6.92 Å². The zero-order chi connectivity index (χ0) is 8.97. The number of rotatable bonds is 1. The molecule has 12 heavy (non-hydrogen) atoms. The van der Waals surface area contributed by atoms with Crippen molar-refractivity contribution in [3.8, 4) is 0 Å². The second kappa shape index (κ2) is 4.24. The van der Waals surface area contributed by atoms with E-state index in [1.165, 1.54) is 4.90 Å². The normalized spacial score (nSPS) is 19.1. The fourth-order valence-corrected chi connectivity index (χ4v) is 1.44. The average Bonchev–Trinajstić information content (AvgIpc) is 2.28. The molecule has 3 nitrogen and oxygen atoms in total. The van der Waals surface area contributed by atoms with Crippen LogP contribution in [0.1, 0.15) is 39.0 Å². The zero-order valence-electron chi connectivity index (χ0n) is 7.51. The maximum absolute atomic E-state index is 11.3. The van der Waals surface area contributed by atoms with Crippen LogP contribution >= 0.6 is 0 Å². The van der Waals surface area contributed by atoms with Crippen LogP contribution in [-0.2, 0) is 9.59 Å². The number of nitrogens with zero attached hydrogens (tertiary/aromatic N) is 1. The van der Waals surface area contributed by atoms with Crippen LogP contribution < -0.4 is 0 Å². The summed E-state index contributed by atoms with van der Waals surface area (Å²) in [6.07, 6.45) is 3.96. The summed E-state index contributed by atoms with van der Waals surface area (Å²) in [7, 11) is 0. The molecule has 0 saturated carbocycles. The highest BCUT2D eigenvalue weighted by atomic mass is 16.2. The molecule has 3 heteroatoms. The van der Waals surface area contributed by atoms with Gasteiger partial charge in [-0.1, -0.05) is 13.3 Å². The molecule has 2 amide bonds. The van der Waals surface area contributed by atoms with E-state index in [-0.39, 0.29) is 11.8 Å². The number of imide groups is 1. The van der Waals surface area contributed by atoms with E-state index in [9.17, 15) is 9.59 Å². The highest BCUT2D eigenvalue weighted by Gasteiger charge is 2.20. The van der Waals surface area contributed by atoms with Crippen molar-refractivity contribution in [2.24, 2.45) is 0 Å². The monoisotopic (exact) mass is 169 g/mol. The van der Waals surface area contributed by atoms with Crippen LogP contribution in [0.15, 0.2) is 0 Å². The van der Waals surface area contributed by atoms with Crippen LogP contribution in [0.25, 0.3) is 0 Å². The van der Waals surface area contributed by atoms with E-state index < -0.39 is 0 Å². The molecular formula is C9H15NO2. The van der Waals surface area contributed by atoms with Crippen molar-refractivity contribution in [3.05, 3.63) is 0 Å². The number of carbonyl (C=O) groups is 2. The SMILES string of the molecule is CCC(=O)N1CCCCCC1=O. The van der Waals surface area contributed by atoms with Crippen molar-refractivity contribution in [3.63, 3.8) is 0 Å². The summed E-state index contributed by atoms with van der Waals surface area (Å²) in [4.78, 5) is 24.0. The number of carbonyl (C=O) groups excluding carboxylic acids is 2. The lowest BCUT2D eigenvalue weighted by atomic mass is 10.2. The lowest BCUT2D eigenvalue weighted by Gasteiger charge is -2.16. The Hall–Kier alpha value is -0.860. The minimum Gasteiger partial charge on any atom is -0.283 e. The van der Waals surface area contributed by atoms with Gasteiger partial charge in [0.05, 0.1) is 0 Å². The van der Waals surface area contributed by atoms with Crippen molar-refractivity contribution in [1.29, 1.82) is 0 Å². The van der Waals surface area contributed by atoms with Gasteiger partial charge in [0.1, 0.15) is 0 Å². The third kappa shape index (κ3) is 2.06. The zero-order valence-corrected chi connectivity index (χ0v) is 7.51. The van der Waals surface area contributed by atoms with Gasteiger partial charge in [0, 0.05) is 19.4 Å². The minimum atomic E-state index is -0.0260. The fourth-order valence-electron chi connectivity index (χ4n) is 1.44. The Morgan fingerprint density at radius 3 is 2.83 bits per heavy atom. The van der Waals surface area contributed by atoms with Crippen LogP contribution in [0.2, 0.25) is 0 Å². The van der Waals surface area contributed by atoms with E-state index >= 15 is 0 Å². The van der Waals surface area contributed by atoms with Gasteiger partial charge in [0.2, 0.25) is 11.8 Å². The van der Waals surface area contributed by atoms with Gasteiger partial charge in [-0.3, -0.25) is 14.5 Å². The van der Waals surface area contributed by atoms with Crippen LogP contribution in [0.4, 0.5) is 0 Å².